The third-order valence-electron chi connectivity index (χ3n) is 4.02. The van der Waals surface area contributed by atoms with Crippen molar-refractivity contribution in [3.8, 4) is 0 Å². The van der Waals surface area contributed by atoms with Gasteiger partial charge in [-0.2, -0.15) is 0 Å². The van der Waals surface area contributed by atoms with E-state index in [-0.39, 0.29) is 0 Å². The van der Waals surface area contributed by atoms with Gasteiger partial charge in [-0.25, -0.2) is 0 Å². The van der Waals surface area contributed by atoms with Crippen LogP contribution < -0.4 is 5.32 Å². The zero-order valence-electron chi connectivity index (χ0n) is 10.4. The van der Waals surface area contributed by atoms with Gasteiger partial charge in [0.15, 0.2) is 0 Å². The van der Waals surface area contributed by atoms with Crippen LogP contribution in [-0.2, 0) is 4.79 Å². The van der Waals surface area contributed by atoms with E-state index in [1.165, 1.54) is 38.5 Å². The van der Waals surface area contributed by atoms with Crippen molar-refractivity contribution in [3.05, 3.63) is 0 Å². The fraction of sp³-hybridized carbons (Fsp3) is 0.923. The fourth-order valence-corrected chi connectivity index (χ4v) is 2.63. The second-order valence-corrected chi connectivity index (χ2v) is 5.42. The lowest BCUT2D eigenvalue weighted by Crippen LogP contribution is -2.41. The van der Waals surface area contributed by atoms with Gasteiger partial charge in [0, 0.05) is 26.1 Å². The molecule has 0 aromatic heterocycles. The third kappa shape index (κ3) is 3.21. The molecule has 3 heteroatoms. The summed E-state index contributed by atoms with van der Waals surface area (Å²) < 4.78 is 0. The Morgan fingerprint density at radius 1 is 1.25 bits per heavy atom. The molecule has 1 aliphatic carbocycles. The smallest absolute Gasteiger partial charge is 0.223 e. The highest BCUT2D eigenvalue weighted by Gasteiger charge is 2.23. The molecule has 0 bridgehead atoms. The lowest BCUT2D eigenvalue weighted by atomic mass is 9.85. The normalized spacial score (nSPS) is 26.2. The maximum Gasteiger partial charge on any atom is 0.223 e. The summed E-state index contributed by atoms with van der Waals surface area (Å²) in [6, 6.07) is 0.435. The maximum absolute atomic E-state index is 12.0. The Labute approximate surface area is 98.6 Å². The molecule has 2 rings (SSSR count). The summed E-state index contributed by atoms with van der Waals surface area (Å²) in [5.74, 6) is 1.11. The predicted molar refractivity (Wildman–Crippen MR) is 65.2 cm³/mol. The first-order valence-electron chi connectivity index (χ1n) is 6.73. The average molecular weight is 224 g/mol. The molecule has 1 unspecified atom stereocenters. The number of carbonyl (C=O) groups excluding carboxylic acids is 1. The van der Waals surface area contributed by atoms with Gasteiger partial charge in [0.05, 0.1) is 0 Å². The molecule has 1 N–H and O–H groups in total. The number of nitrogens with one attached hydrogen (secondary N) is 1. The van der Waals surface area contributed by atoms with Crippen molar-refractivity contribution in [1.82, 2.24) is 10.2 Å². The Kier molecular flexibility index (Phi) is 4.22. The third-order valence-corrected chi connectivity index (χ3v) is 4.02. The molecule has 0 radical (unpaired) electrons. The van der Waals surface area contributed by atoms with Crippen molar-refractivity contribution in [2.75, 3.05) is 20.1 Å². The number of nitrogens with zero attached hydrogens (tertiary/aromatic N) is 1. The molecule has 92 valence electrons. The molecule has 1 heterocycles. The molecule has 0 spiro atoms. The zero-order chi connectivity index (χ0) is 11.4. The molecular formula is C13H24N2O. The molecule has 0 aromatic carbocycles. The quantitative estimate of drug-likeness (QED) is 0.789. The minimum Gasteiger partial charge on any atom is -0.345 e. The largest absolute Gasteiger partial charge is 0.345 e. The number of rotatable bonds is 4. The van der Waals surface area contributed by atoms with E-state index < -0.39 is 0 Å². The fourth-order valence-electron chi connectivity index (χ4n) is 2.63. The van der Waals surface area contributed by atoms with Crippen LogP contribution in [0.1, 0.15) is 44.9 Å². The summed E-state index contributed by atoms with van der Waals surface area (Å²) in [5.41, 5.74) is 0. The highest BCUT2D eigenvalue weighted by molar-refractivity contribution is 5.76. The molecule has 1 atom stereocenters. The van der Waals surface area contributed by atoms with Crippen molar-refractivity contribution < 1.29 is 4.79 Å². The second-order valence-electron chi connectivity index (χ2n) is 5.42. The van der Waals surface area contributed by atoms with Crippen LogP contribution in [0.3, 0.4) is 0 Å². The van der Waals surface area contributed by atoms with Gasteiger partial charge in [-0.3, -0.25) is 4.79 Å². The Morgan fingerprint density at radius 2 is 2.06 bits per heavy atom. The summed E-state index contributed by atoms with van der Waals surface area (Å²) >= 11 is 0. The number of hydrogen-bond acceptors (Lipinski definition) is 2. The summed E-state index contributed by atoms with van der Waals surface area (Å²) in [6.45, 7) is 2.07. The van der Waals surface area contributed by atoms with Crippen molar-refractivity contribution in [1.29, 1.82) is 0 Å². The minimum atomic E-state index is 0.325. The van der Waals surface area contributed by atoms with Crippen LogP contribution in [-0.4, -0.2) is 37.0 Å². The van der Waals surface area contributed by atoms with Crippen LogP contribution >= 0.6 is 0 Å². The van der Waals surface area contributed by atoms with E-state index in [1.807, 2.05) is 11.9 Å². The Morgan fingerprint density at radius 3 is 2.62 bits per heavy atom. The van der Waals surface area contributed by atoms with Gasteiger partial charge in [0.25, 0.3) is 0 Å². The first kappa shape index (κ1) is 11.9. The monoisotopic (exact) mass is 224 g/mol. The number of carbonyl (C=O) groups is 1. The van der Waals surface area contributed by atoms with Crippen LogP contribution in [0.2, 0.25) is 0 Å². The van der Waals surface area contributed by atoms with Gasteiger partial charge in [-0.15, -0.1) is 0 Å². The highest BCUT2D eigenvalue weighted by atomic mass is 16.2. The van der Waals surface area contributed by atoms with Gasteiger partial charge >= 0.3 is 0 Å². The van der Waals surface area contributed by atoms with E-state index in [2.05, 4.69) is 5.32 Å². The number of amides is 1. The van der Waals surface area contributed by atoms with Gasteiger partial charge < -0.3 is 10.2 Å². The maximum atomic E-state index is 12.0. The van der Waals surface area contributed by atoms with Crippen LogP contribution in [0.5, 0.6) is 0 Å². The van der Waals surface area contributed by atoms with Crippen molar-refractivity contribution in [2.45, 2.75) is 51.0 Å². The topological polar surface area (TPSA) is 32.3 Å². The summed E-state index contributed by atoms with van der Waals surface area (Å²) in [6.07, 6.45) is 8.40. The molecule has 1 aliphatic heterocycles. The molecule has 0 aromatic rings. The molecule has 1 amide bonds. The molecule has 2 aliphatic rings. The Bertz CT molecular complexity index is 232. The molecule has 2 fully saturated rings. The van der Waals surface area contributed by atoms with Gasteiger partial charge in [-0.05, 0) is 38.1 Å². The molecule has 16 heavy (non-hydrogen) atoms. The van der Waals surface area contributed by atoms with E-state index in [0.29, 0.717) is 18.4 Å². The standard InChI is InChI=1S/C13H24N2O/c1-15(10-11-5-4-6-11)13(16)9-12-7-2-3-8-14-12/h11-12,14H,2-10H2,1H3. The summed E-state index contributed by atoms with van der Waals surface area (Å²) in [7, 11) is 1.96. The van der Waals surface area contributed by atoms with Crippen LogP contribution in [0.4, 0.5) is 0 Å². The molecule has 1 saturated heterocycles. The van der Waals surface area contributed by atoms with Crippen molar-refractivity contribution >= 4 is 5.91 Å². The van der Waals surface area contributed by atoms with Crippen LogP contribution in [0.25, 0.3) is 0 Å². The zero-order valence-corrected chi connectivity index (χ0v) is 10.4. The van der Waals surface area contributed by atoms with E-state index in [1.54, 1.807) is 0 Å². The Balaban J connectivity index is 1.68. The Hall–Kier alpha value is -0.570. The molecular weight excluding hydrogens is 200 g/mol. The van der Waals surface area contributed by atoms with E-state index in [0.717, 1.165) is 19.0 Å². The van der Waals surface area contributed by atoms with E-state index in [4.69, 9.17) is 0 Å². The van der Waals surface area contributed by atoms with Crippen molar-refractivity contribution in [2.24, 2.45) is 5.92 Å². The first-order chi connectivity index (χ1) is 7.75. The lowest BCUT2D eigenvalue weighted by Gasteiger charge is -2.31. The average Bonchev–Trinajstić information content (AvgIpc) is 2.24. The first-order valence-corrected chi connectivity index (χ1v) is 6.73. The minimum absolute atomic E-state index is 0.325. The molecule has 1 saturated carbocycles. The van der Waals surface area contributed by atoms with Crippen LogP contribution in [0, 0.1) is 5.92 Å². The van der Waals surface area contributed by atoms with E-state index >= 15 is 0 Å². The van der Waals surface area contributed by atoms with Crippen LogP contribution in [0.15, 0.2) is 0 Å². The molecule has 3 nitrogen and oxygen atoms in total. The highest BCUT2D eigenvalue weighted by Crippen LogP contribution is 2.27. The van der Waals surface area contributed by atoms with E-state index in [9.17, 15) is 4.79 Å². The van der Waals surface area contributed by atoms with Gasteiger partial charge in [-0.1, -0.05) is 12.8 Å². The second kappa shape index (κ2) is 5.67. The number of hydrogen-bond donors (Lipinski definition) is 1. The predicted octanol–water partition coefficient (Wildman–Crippen LogP) is 1.78. The summed E-state index contributed by atoms with van der Waals surface area (Å²) in [5, 5.41) is 3.44. The van der Waals surface area contributed by atoms with Crippen molar-refractivity contribution in [3.63, 3.8) is 0 Å². The number of piperidine rings is 1. The van der Waals surface area contributed by atoms with Gasteiger partial charge in [0.2, 0.25) is 5.91 Å². The SMILES string of the molecule is CN(CC1CCC1)C(=O)CC1CCCCN1. The summed E-state index contributed by atoms with van der Waals surface area (Å²) in [4.78, 5) is 13.9. The lowest BCUT2D eigenvalue weighted by molar-refractivity contribution is -0.131. The van der Waals surface area contributed by atoms with Gasteiger partial charge in [0.1, 0.15) is 0 Å².